The number of imide groups is 1. The number of nitriles is 2. The molecule has 0 heterocycles. The number of benzene rings is 1. The van der Waals surface area contributed by atoms with Gasteiger partial charge in [0.05, 0.1) is 6.26 Å². The van der Waals surface area contributed by atoms with Crippen molar-refractivity contribution in [2.24, 2.45) is 0 Å². The summed E-state index contributed by atoms with van der Waals surface area (Å²) in [7, 11) is -2.75. The maximum atomic E-state index is 11.6. The average Bonchev–Trinajstić information content (AvgIpc) is 2.52. The van der Waals surface area contributed by atoms with E-state index in [1.165, 1.54) is 18.2 Å². The van der Waals surface area contributed by atoms with Gasteiger partial charge in [-0.1, -0.05) is 12.1 Å². The molecule has 10 heteroatoms. The molecule has 0 bridgehead atoms. The molecule has 0 fully saturated rings. The van der Waals surface area contributed by atoms with Gasteiger partial charge in [-0.05, 0) is 23.8 Å². The monoisotopic (exact) mass is 347 g/mol. The molecule has 0 saturated carbocycles. The highest BCUT2D eigenvalue weighted by molar-refractivity contribution is 7.88. The Kier molecular flexibility index (Phi) is 6.04. The number of hydrogen-bond acceptors (Lipinski definition) is 6. The molecule has 0 aliphatic heterocycles. The third kappa shape index (κ3) is 5.44. The maximum Gasteiger partial charge on any atom is 0.338 e. The van der Waals surface area contributed by atoms with E-state index < -0.39 is 22.1 Å². The zero-order chi connectivity index (χ0) is 18.3. The van der Waals surface area contributed by atoms with Gasteiger partial charge in [-0.15, -0.1) is 0 Å². The SMILES string of the molecule is CN(C(=O)NC(=O)Nc1ccc(C=C(C#N)C#N)cc1)S(C)(=O)=O. The molecule has 2 N–H and O–H groups in total. The molecule has 24 heavy (non-hydrogen) atoms. The summed E-state index contributed by atoms with van der Waals surface area (Å²) in [6.07, 6.45) is 2.20. The lowest BCUT2D eigenvalue weighted by molar-refractivity contribution is 0.223. The van der Waals surface area contributed by atoms with E-state index in [0.717, 1.165) is 13.3 Å². The quantitative estimate of drug-likeness (QED) is 0.788. The highest BCUT2D eigenvalue weighted by atomic mass is 32.2. The van der Waals surface area contributed by atoms with Crippen molar-refractivity contribution < 1.29 is 18.0 Å². The fraction of sp³-hybridized carbons (Fsp3) is 0.143. The minimum absolute atomic E-state index is 0.0668. The van der Waals surface area contributed by atoms with Crippen LogP contribution >= 0.6 is 0 Å². The van der Waals surface area contributed by atoms with Gasteiger partial charge in [0, 0.05) is 12.7 Å². The first-order valence-electron chi connectivity index (χ1n) is 6.35. The van der Waals surface area contributed by atoms with Crippen LogP contribution in [0.3, 0.4) is 0 Å². The molecule has 0 atom stereocenters. The smallest absolute Gasteiger partial charge is 0.308 e. The van der Waals surface area contributed by atoms with Gasteiger partial charge >= 0.3 is 12.1 Å². The topological polar surface area (TPSA) is 143 Å². The second-order valence-corrected chi connectivity index (χ2v) is 6.53. The van der Waals surface area contributed by atoms with E-state index in [9.17, 15) is 18.0 Å². The highest BCUT2D eigenvalue weighted by Gasteiger charge is 2.20. The van der Waals surface area contributed by atoms with Crippen LogP contribution in [0.1, 0.15) is 5.56 Å². The number of allylic oxidation sites excluding steroid dienone is 1. The van der Waals surface area contributed by atoms with Crippen molar-refractivity contribution in [3.8, 4) is 12.1 Å². The van der Waals surface area contributed by atoms with E-state index >= 15 is 0 Å². The molecule has 4 amide bonds. The largest absolute Gasteiger partial charge is 0.338 e. The van der Waals surface area contributed by atoms with Crippen LogP contribution in [0.5, 0.6) is 0 Å². The summed E-state index contributed by atoms with van der Waals surface area (Å²) in [6, 6.07) is 7.51. The fourth-order valence-electron chi connectivity index (χ4n) is 1.41. The highest BCUT2D eigenvalue weighted by Crippen LogP contribution is 2.12. The van der Waals surface area contributed by atoms with Gasteiger partial charge in [0.1, 0.15) is 17.7 Å². The second-order valence-electron chi connectivity index (χ2n) is 4.52. The van der Waals surface area contributed by atoms with E-state index in [0.29, 0.717) is 15.6 Å². The summed E-state index contributed by atoms with van der Waals surface area (Å²) in [4.78, 5) is 23.2. The number of carbonyl (C=O) groups excluding carboxylic acids is 2. The Morgan fingerprint density at radius 3 is 2.17 bits per heavy atom. The molecule has 0 radical (unpaired) electrons. The molecule has 0 aliphatic carbocycles. The fourth-order valence-corrected chi connectivity index (χ4v) is 1.75. The zero-order valence-electron chi connectivity index (χ0n) is 12.8. The van der Waals surface area contributed by atoms with Crippen molar-refractivity contribution in [2.45, 2.75) is 0 Å². The van der Waals surface area contributed by atoms with Crippen molar-refractivity contribution in [1.29, 1.82) is 10.5 Å². The molecule has 1 rings (SSSR count). The Morgan fingerprint density at radius 1 is 1.17 bits per heavy atom. The number of urea groups is 2. The lowest BCUT2D eigenvalue weighted by Gasteiger charge is -2.15. The van der Waals surface area contributed by atoms with Crippen LogP contribution in [0.4, 0.5) is 15.3 Å². The number of rotatable bonds is 3. The Bertz CT molecular complexity index is 844. The minimum atomic E-state index is -3.76. The molecule has 124 valence electrons. The van der Waals surface area contributed by atoms with E-state index in [4.69, 9.17) is 10.5 Å². The van der Waals surface area contributed by atoms with Crippen LogP contribution < -0.4 is 10.6 Å². The van der Waals surface area contributed by atoms with Crippen molar-refractivity contribution in [3.05, 3.63) is 35.4 Å². The normalized spacial score (nSPS) is 9.83. The molecule has 0 aliphatic rings. The third-order valence-corrected chi connectivity index (χ3v) is 3.89. The Balaban J connectivity index is 2.73. The van der Waals surface area contributed by atoms with Crippen molar-refractivity contribution in [3.63, 3.8) is 0 Å². The summed E-state index contributed by atoms with van der Waals surface area (Å²) < 4.78 is 22.7. The van der Waals surface area contributed by atoms with Crippen LogP contribution in [0.2, 0.25) is 0 Å². The van der Waals surface area contributed by atoms with E-state index in [1.807, 2.05) is 5.32 Å². The number of sulfonamides is 1. The molecular formula is C14H13N5O4S. The van der Waals surface area contributed by atoms with Crippen LogP contribution in [0.15, 0.2) is 29.8 Å². The summed E-state index contributed by atoms with van der Waals surface area (Å²) in [6.45, 7) is 0. The molecule has 9 nitrogen and oxygen atoms in total. The first-order chi connectivity index (χ1) is 11.2. The summed E-state index contributed by atoms with van der Waals surface area (Å²) in [5, 5.41) is 21.5. The van der Waals surface area contributed by atoms with E-state index in [1.54, 1.807) is 24.3 Å². The van der Waals surface area contributed by atoms with Gasteiger partial charge < -0.3 is 5.32 Å². The lowest BCUT2D eigenvalue weighted by atomic mass is 10.1. The molecular weight excluding hydrogens is 334 g/mol. The van der Waals surface area contributed by atoms with Gasteiger partial charge in [-0.3, -0.25) is 5.32 Å². The van der Waals surface area contributed by atoms with E-state index in [2.05, 4.69) is 5.32 Å². The van der Waals surface area contributed by atoms with Crippen molar-refractivity contribution in [2.75, 3.05) is 18.6 Å². The van der Waals surface area contributed by atoms with Gasteiger partial charge in [0.25, 0.3) is 0 Å². The van der Waals surface area contributed by atoms with E-state index in [-0.39, 0.29) is 5.57 Å². The minimum Gasteiger partial charge on any atom is -0.308 e. The van der Waals surface area contributed by atoms with Gasteiger partial charge in [-0.2, -0.15) is 10.5 Å². The number of hydrogen-bond donors (Lipinski definition) is 2. The average molecular weight is 347 g/mol. The van der Waals surface area contributed by atoms with Crippen LogP contribution in [0, 0.1) is 22.7 Å². The standard InChI is InChI=1S/C14H13N5O4S/c1-19(24(2,22)23)14(21)18-13(20)17-12-5-3-10(4-6-12)7-11(8-15)9-16/h3-7H,1-2H3,(H2,17,18,20,21). The molecule has 0 unspecified atom stereocenters. The Morgan fingerprint density at radius 2 is 1.71 bits per heavy atom. The summed E-state index contributed by atoms with van der Waals surface area (Å²) in [5.74, 6) is 0. The summed E-state index contributed by atoms with van der Waals surface area (Å²) in [5.41, 5.74) is 0.838. The molecule has 1 aromatic rings. The van der Waals surface area contributed by atoms with Crippen molar-refractivity contribution >= 4 is 33.8 Å². The van der Waals surface area contributed by atoms with Crippen LogP contribution in [-0.2, 0) is 10.0 Å². The van der Waals surface area contributed by atoms with Gasteiger partial charge in [-0.25, -0.2) is 22.3 Å². The molecule has 0 spiro atoms. The molecule has 1 aromatic carbocycles. The molecule has 0 saturated heterocycles. The zero-order valence-corrected chi connectivity index (χ0v) is 13.6. The lowest BCUT2D eigenvalue weighted by Crippen LogP contribution is -2.44. The predicted molar refractivity (Wildman–Crippen MR) is 85.8 cm³/mol. The number of nitrogens with zero attached hydrogens (tertiary/aromatic N) is 3. The molecule has 0 aromatic heterocycles. The Hall–Kier alpha value is -3.37. The first-order valence-corrected chi connectivity index (χ1v) is 8.20. The van der Waals surface area contributed by atoms with Gasteiger partial charge in [0.2, 0.25) is 10.0 Å². The Labute approximate surface area is 138 Å². The first kappa shape index (κ1) is 18.7. The van der Waals surface area contributed by atoms with Crippen LogP contribution in [0.25, 0.3) is 6.08 Å². The second kappa shape index (κ2) is 7.76. The van der Waals surface area contributed by atoms with Crippen LogP contribution in [-0.4, -0.2) is 38.1 Å². The number of anilines is 1. The van der Waals surface area contributed by atoms with Gasteiger partial charge in [0.15, 0.2) is 0 Å². The number of amides is 4. The number of nitrogens with one attached hydrogen (secondary N) is 2. The summed E-state index contributed by atoms with van der Waals surface area (Å²) >= 11 is 0. The predicted octanol–water partition coefficient (Wildman–Crippen LogP) is 1.25. The maximum absolute atomic E-state index is 11.6. The van der Waals surface area contributed by atoms with Crippen molar-refractivity contribution in [1.82, 2.24) is 9.62 Å². The number of carbonyl (C=O) groups is 2. The third-order valence-electron chi connectivity index (χ3n) is 2.72.